The summed E-state index contributed by atoms with van der Waals surface area (Å²) in [6.45, 7) is 3.34. The van der Waals surface area contributed by atoms with Crippen LogP contribution >= 0.6 is 12.2 Å². The van der Waals surface area contributed by atoms with E-state index in [4.69, 9.17) is 18.0 Å². The van der Waals surface area contributed by atoms with Crippen molar-refractivity contribution in [3.8, 4) is 0 Å². The second-order valence-electron chi connectivity index (χ2n) is 5.27. The smallest absolute Gasteiger partial charge is 0.124 e. The van der Waals surface area contributed by atoms with Gasteiger partial charge >= 0.3 is 0 Å². The molecular formula is C14H21N3S. The number of hydrogen-bond donors (Lipinski definition) is 2. The van der Waals surface area contributed by atoms with Crippen molar-refractivity contribution in [2.75, 3.05) is 11.9 Å². The van der Waals surface area contributed by atoms with Gasteiger partial charge in [-0.1, -0.05) is 32.0 Å². The quantitative estimate of drug-likeness (QED) is 0.820. The number of thiocarbonyl (C=S) groups is 1. The third-order valence-corrected chi connectivity index (χ3v) is 3.95. The molecule has 0 amide bonds. The van der Waals surface area contributed by atoms with Crippen LogP contribution in [-0.4, -0.2) is 16.5 Å². The van der Waals surface area contributed by atoms with E-state index in [2.05, 4.69) is 17.2 Å². The third kappa shape index (κ3) is 3.42. The molecule has 0 unspecified atom stereocenters. The molecule has 0 bridgehead atoms. The maximum atomic E-state index is 5.67. The Labute approximate surface area is 114 Å². The molecule has 1 aliphatic carbocycles. The number of rotatable bonds is 4. The number of nitrogens with zero attached hydrogens (tertiary/aromatic N) is 1. The summed E-state index contributed by atoms with van der Waals surface area (Å²) in [7, 11) is 0. The fourth-order valence-corrected chi connectivity index (χ4v) is 2.69. The largest absolute Gasteiger partial charge is 0.388 e. The topological polar surface area (TPSA) is 50.9 Å². The molecule has 0 saturated heterocycles. The summed E-state index contributed by atoms with van der Waals surface area (Å²) in [5.74, 6) is 1.66. The first-order valence-electron chi connectivity index (χ1n) is 6.65. The molecule has 98 valence electrons. The lowest BCUT2D eigenvalue weighted by atomic mass is 9.83. The molecule has 1 aromatic heterocycles. The molecule has 0 aromatic carbocycles. The summed E-state index contributed by atoms with van der Waals surface area (Å²) in [6.07, 6.45) is 7.05. The van der Waals surface area contributed by atoms with Crippen molar-refractivity contribution < 1.29 is 0 Å². The van der Waals surface area contributed by atoms with Gasteiger partial charge in [0.15, 0.2) is 0 Å². The summed E-state index contributed by atoms with van der Waals surface area (Å²) in [5.41, 5.74) is 7.34. The predicted molar refractivity (Wildman–Crippen MR) is 79.7 cm³/mol. The second-order valence-corrected chi connectivity index (χ2v) is 5.71. The number of hydrogen-bond acceptors (Lipinski definition) is 3. The first kappa shape index (κ1) is 13.3. The van der Waals surface area contributed by atoms with E-state index in [1.54, 1.807) is 6.20 Å². The van der Waals surface area contributed by atoms with E-state index in [0.29, 0.717) is 10.7 Å². The lowest BCUT2D eigenvalue weighted by Crippen LogP contribution is -2.22. The zero-order chi connectivity index (χ0) is 13.0. The minimum absolute atomic E-state index is 0.357. The van der Waals surface area contributed by atoms with E-state index in [-0.39, 0.29) is 0 Å². The van der Waals surface area contributed by atoms with Crippen molar-refractivity contribution in [2.24, 2.45) is 17.6 Å². The van der Waals surface area contributed by atoms with Crippen molar-refractivity contribution in [3.63, 3.8) is 0 Å². The fourth-order valence-electron chi connectivity index (χ4n) is 2.53. The highest BCUT2D eigenvalue weighted by molar-refractivity contribution is 7.80. The molecule has 18 heavy (non-hydrogen) atoms. The Morgan fingerprint density at radius 1 is 1.44 bits per heavy atom. The minimum atomic E-state index is 0.357. The lowest BCUT2D eigenvalue weighted by Gasteiger charge is -2.26. The first-order valence-corrected chi connectivity index (χ1v) is 7.06. The van der Waals surface area contributed by atoms with Crippen LogP contribution in [0.5, 0.6) is 0 Å². The van der Waals surface area contributed by atoms with Gasteiger partial charge in [-0.3, -0.25) is 4.98 Å². The van der Waals surface area contributed by atoms with Crippen molar-refractivity contribution in [1.29, 1.82) is 0 Å². The maximum absolute atomic E-state index is 5.67. The molecule has 0 radical (unpaired) electrons. The average Bonchev–Trinajstić information content (AvgIpc) is 2.38. The van der Waals surface area contributed by atoms with Gasteiger partial charge < -0.3 is 11.1 Å². The number of pyridine rings is 1. The molecule has 1 heterocycles. The molecule has 2 rings (SSSR count). The summed E-state index contributed by atoms with van der Waals surface area (Å²) < 4.78 is 0. The van der Waals surface area contributed by atoms with Gasteiger partial charge in [-0.15, -0.1) is 0 Å². The van der Waals surface area contributed by atoms with E-state index >= 15 is 0 Å². The molecule has 4 heteroatoms. The number of nitrogens with two attached hydrogens (primary N) is 1. The monoisotopic (exact) mass is 263 g/mol. The Bertz CT molecular complexity index is 411. The summed E-state index contributed by atoms with van der Waals surface area (Å²) in [5, 5.41) is 3.45. The number of nitrogens with one attached hydrogen (secondary N) is 1. The SMILES string of the molecule is CC1CCC(CNc2cccnc2C(N)=S)CC1. The zero-order valence-corrected chi connectivity index (χ0v) is 11.7. The van der Waals surface area contributed by atoms with Gasteiger partial charge in [-0.05, 0) is 36.8 Å². The van der Waals surface area contributed by atoms with Crippen molar-refractivity contribution >= 4 is 22.9 Å². The predicted octanol–water partition coefficient (Wildman–Crippen LogP) is 2.95. The summed E-state index contributed by atoms with van der Waals surface area (Å²) >= 11 is 5.01. The van der Waals surface area contributed by atoms with Crippen LogP contribution in [0.15, 0.2) is 18.3 Å². The van der Waals surface area contributed by atoms with Crippen molar-refractivity contribution in [3.05, 3.63) is 24.0 Å². The van der Waals surface area contributed by atoms with Crippen LogP contribution in [0.25, 0.3) is 0 Å². The normalized spacial score (nSPS) is 23.6. The van der Waals surface area contributed by atoms with Gasteiger partial charge in [0.25, 0.3) is 0 Å². The Balaban J connectivity index is 1.92. The van der Waals surface area contributed by atoms with Crippen LogP contribution in [-0.2, 0) is 0 Å². The Morgan fingerprint density at radius 2 is 2.17 bits per heavy atom. The van der Waals surface area contributed by atoms with Crippen LogP contribution in [0.2, 0.25) is 0 Å². The fraction of sp³-hybridized carbons (Fsp3) is 0.571. The van der Waals surface area contributed by atoms with Gasteiger partial charge in [-0.25, -0.2) is 0 Å². The Kier molecular flexibility index (Phi) is 4.53. The molecular weight excluding hydrogens is 242 g/mol. The van der Waals surface area contributed by atoms with E-state index < -0.39 is 0 Å². The second kappa shape index (κ2) is 6.14. The van der Waals surface area contributed by atoms with Gasteiger partial charge in [-0.2, -0.15) is 0 Å². The van der Waals surface area contributed by atoms with Crippen LogP contribution in [0, 0.1) is 11.8 Å². The summed E-state index contributed by atoms with van der Waals surface area (Å²) in [6, 6.07) is 3.90. The van der Waals surface area contributed by atoms with Gasteiger partial charge in [0.1, 0.15) is 10.7 Å². The van der Waals surface area contributed by atoms with E-state index in [9.17, 15) is 0 Å². The summed E-state index contributed by atoms with van der Waals surface area (Å²) in [4.78, 5) is 4.58. The van der Waals surface area contributed by atoms with E-state index in [1.165, 1.54) is 25.7 Å². The zero-order valence-electron chi connectivity index (χ0n) is 10.9. The molecule has 3 nitrogen and oxygen atoms in total. The highest BCUT2D eigenvalue weighted by Gasteiger charge is 2.18. The van der Waals surface area contributed by atoms with E-state index in [0.717, 1.165) is 24.1 Å². The van der Waals surface area contributed by atoms with Crippen LogP contribution in [0.1, 0.15) is 38.3 Å². The van der Waals surface area contributed by atoms with Crippen molar-refractivity contribution in [1.82, 2.24) is 4.98 Å². The molecule has 0 spiro atoms. The Hall–Kier alpha value is -1.16. The van der Waals surface area contributed by atoms with Crippen LogP contribution in [0.3, 0.4) is 0 Å². The molecule has 1 saturated carbocycles. The lowest BCUT2D eigenvalue weighted by molar-refractivity contribution is 0.300. The standard InChI is InChI=1S/C14H21N3S/c1-10-4-6-11(7-5-10)9-17-12-3-2-8-16-13(12)14(15)18/h2-3,8,10-11,17H,4-7,9H2,1H3,(H2,15,18). The molecule has 0 aliphatic heterocycles. The Morgan fingerprint density at radius 3 is 2.83 bits per heavy atom. The molecule has 1 aliphatic rings. The van der Waals surface area contributed by atoms with Crippen molar-refractivity contribution in [2.45, 2.75) is 32.6 Å². The molecule has 1 aromatic rings. The highest BCUT2D eigenvalue weighted by atomic mass is 32.1. The van der Waals surface area contributed by atoms with E-state index in [1.807, 2.05) is 12.1 Å². The number of anilines is 1. The van der Waals surface area contributed by atoms with Crippen LogP contribution in [0.4, 0.5) is 5.69 Å². The minimum Gasteiger partial charge on any atom is -0.388 e. The van der Waals surface area contributed by atoms with Crippen LogP contribution < -0.4 is 11.1 Å². The highest BCUT2D eigenvalue weighted by Crippen LogP contribution is 2.28. The third-order valence-electron chi connectivity index (χ3n) is 3.76. The van der Waals surface area contributed by atoms with Gasteiger partial charge in [0, 0.05) is 12.7 Å². The molecule has 1 fully saturated rings. The number of aromatic nitrogens is 1. The van der Waals surface area contributed by atoms with Gasteiger partial charge in [0.05, 0.1) is 5.69 Å². The average molecular weight is 263 g/mol. The molecule has 0 atom stereocenters. The molecule has 3 N–H and O–H groups in total. The van der Waals surface area contributed by atoms with Gasteiger partial charge in [0.2, 0.25) is 0 Å². The maximum Gasteiger partial charge on any atom is 0.124 e. The first-order chi connectivity index (χ1) is 8.66.